The molecule has 0 bridgehead atoms. The average molecular weight is 450 g/mol. The van der Waals surface area contributed by atoms with Crippen LogP contribution < -0.4 is 9.64 Å². The first-order valence-electron chi connectivity index (χ1n) is 9.78. The Morgan fingerprint density at radius 2 is 1.69 bits per heavy atom. The summed E-state index contributed by atoms with van der Waals surface area (Å²) >= 11 is 6.37. The number of hydrogen-bond donors (Lipinski definition) is 0. The molecule has 162 valence electrons. The Balaban J connectivity index is 1.76. The number of rotatable bonds is 6. The van der Waals surface area contributed by atoms with Gasteiger partial charge >= 0.3 is 6.09 Å². The number of anilines is 1. The van der Waals surface area contributed by atoms with Gasteiger partial charge in [-0.2, -0.15) is 5.26 Å². The molecule has 0 saturated heterocycles. The van der Waals surface area contributed by atoms with E-state index in [4.69, 9.17) is 26.3 Å². The predicted octanol–water partition coefficient (Wildman–Crippen LogP) is 5.30. The second kappa shape index (κ2) is 10.4. The summed E-state index contributed by atoms with van der Waals surface area (Å²) in [6.07, 6.45) is 1.17. The molecule has 0 radical (unpaired) electrons. The molecular formula is C24H20ClN3O4. The highest BCUT2D eigenvalue weighted by Crippen LogP contribution is 2.30. The van der Waals surface area contributed by atoms with E-state index in [1.54, 1.807) is 48.5 Å². The molecule has 0 aliphatic carbocycles. The van der Waals surface area contributed by atoms with Gasteiger partial charge in [0.05, 0.1) is 41.6 Å². The van der Waals surface area contributed by atoms with E-state index in [0.717, 1.165) is 4.90 Å². The fourth-order valence-corrected chi connectivity index (χ4v) is 3.31. The van der Waals surface area contributed by atoms with E-state index in [9.17, 15) is 9.59 Å². The lowest BCUT2D eigenvalue weighted by Gasteiger charge is -2.21. The van der Waals surface area contributed by atoms with Crippen molar-refractivity contribution in [1.29, 1.82) is 5.26 Å². The van der Waals surface area contributed by atoms with Gasteiger partial charge in [-0.25, -0.2) is 9.69 Å². The Hall–Kier alpha value is -3.89. The highest BCUT2D eigenvalue weighted by molar-refractivity contribution is 6.35. The first-order chi connectivity index (χ1) is 15.5. The summed E-state index contributed by atoms with van der Waals surface area (Å²) in [6.45, 7) is 1.88. The molecule has 7 nitrogen and oxygen atoms in total. The van der Waals surface area contributed by atoms with Crippen molar-refractivity contribution in [3.05, 3.63) is 82.6 Å². The van der Waals surface area contributed by atoms with Crippen LogP contribution in [0.1, 0.15) is 23.7 Å². The molecule has 1 aromatic heterocycles. The molecule has 2 amide bonds. The number of nitriles is 1. The van der Waals surface area contributed by atoms with Crippen LogP contribution in [0.25, 0.3) is 0 Å². The Labute approximate surface area is 190 Å². The topological polar surface area (TPSA) is 92.5 Å². The molecule has 3 rings (SSSR count). The second-order valence-electron chi connectivity index (χ2n) is 6.70. The van der Waals surface area contributed by atoms with Crippen molar-refractivity contribution in [2.24, 2.45) is 0 Å². The van der Waals surface area contributed by atoms with Crippen molar-refractivity contribution >= 4 is 29.3 Å². The van der Waals surface area contributed by atoms with Gasteiger partial charge in [-0.15, -0.1) is 0 Å². The lowest BCUT2D eigenvalue weighted by molar-refractivity contribution is -0.117. The SMILES string of the molecule is CCc1nccc(N(C(=O)Cc2ccc(Oc3ccc(C#N)cc3)cc2)C(=O)OC)c1Cl. The zero-order chi connectivity index (χ0) is 23.1. The quantitative estimate of drug-likeness (QED) is 0.506. The van der Waals surface area contributed by atoms with Crippen molar-refractivity contribution in [3.8, 4) is 17.6 Å². The summed E-state index contributed by atoms with van der Waals surface area (Å²) in [5.41, 5.74) is 2.03. The van der Waals surface area contributed by atoms with Crippen LogP contribution in [0.3, 0.4) is 0 Å². The number of imide groups is 1. The van der Waals surface area contributed by atoms with Gasteiger partial charge in [0.1, 0.15) is 11.5 Å². The molecule has 0 aliphatic rings. The van der Waals surface area contributed by atoms with Crippen molar-refractivity contribution in [2.45, 2.75) is 19.8 Å². The van der Waals surface area contributed by atoms with Gasteiger partial charge in [-0.3, -0.25) is 9.78 Å². The molecule has 0 aliphatic heterocycles. The molecule has 8 heteroatoms. The van der Waals surface area contributed by atoms with Crippen molar-refractivity contribution in [1.82, 2.24) is 4.98 Å². The number of carbonyl (C=O) groups excluding carboxylic acids is 2. The van der Waals surface area contributed by atoms with Crippen LogP contribution in [-0.2, 0) is 22.4 Å². The van der Waals surface area contributed by atoms with Gasteiger partial charge < -0.3 is 9.47 Å². The maximum absolute atomic E-state index is 13.0. The molecular weight excluding hydrogens is 430 g/mol. The zero-order valence-electron chi connectivity index (χ0n) is 17.5. The molecule has 0 fully saturated rings. The van der Waals surface area contributed by atoms with Crippen molar-refractivity contribution < 1.29 is 19.1 Å². The fraction of sp³-hybridized carbons (Fsp3) is 0.167. The molecule has 32 heavy (non-hydrogen) atoms. The first-order valence-corrected chi connectivity index (χ1v) is 10.2. The van der Waals surface area contributed by atoms with E-state index < -0.39 is 12.0 Å². The van der Waals surface area contributed by atoms with Gasteiger partial charge in [0, 0.05) is 6.20 Å². The molecule has 0 atom stereocenters. The van der Waals surface area contributed by atoms with Crippen LogP contribution in [0.2, 0.25) is 5.02 Å². The van der Waals surface area contributed by atoms with E-state index in [1.165, 1.54) is 19.4 Å². The molecule has 0 spiro atoms. The number of aromatic nitrogens is 1. The van der Waals surface area contributed by atoms with Crippen LogP contribution in [0.15, 0.2) is 60.8 Å². The van der Waals surface area contributed by atoms with Crippen LogP contribution >= 0.6 is 11.6 Å². The van der Waals surface area contributed by atoms with Crippen LogP contribution in [0.5, 0.6) is 11.5 Å². The Bertz CT molecular complexity index is 1160. The normalized spacial score (nSPS) is 10.2. The number of amides is 2. The number of ether oxygens (including phenoxy) is 2. The summed E-state index contributed by atoms with van der Waals surface area (Å²) < 4.78 is 10.6. The van der Waals surface area contributed by atoms with Gasteiger partial charge in [-0.1, -0.05) is 30.7 Å². The van der Waals surface area contributed by atoms with E-state index in [-0.39, 0.29) is 17.1 Å². The van der Waals surface area contributed by atoms with Gasteiger partial charge in [0.25, 0.3) is 0 Å². The van der Waals surface area contributed by atoms with Crippen LogP contribution in [0, 0.1) is 11.3 Å². The number of pyridine rings is 1. The minimum absolute atomic E-state index is 0.0492. The summed E-state index contributed by atoms with van der Waals surface area (Å²) in [5, 5.41) is 9.10. The number of hydrogen-bond acceptors (Lipinski definition) is 6. The van der Waals surface area contributed by atoms with Gasteiger partial charge in [0.15, 0.2) is 0 Å². The minimum atomic E-state index is -0.828. The van der Waals surface area contributed by atoms with E-state index in [1.807, 2.05) is 6.92 Å². The Kier molecular flexibility index (Phi) is 7.42. The maximum atomic E-state index is 13.0. The van der Waals surface area contributed by atoms with Crippen LogP contribution in [0.4, 0.5) is 10.5 Å². The first kappa shape index (κ1) is 22.8. The number of methoxy groups -OCH3 is 1. The van der Waals surface area contributed by atoms with Crippen LogP contribution in [-0.4, -0.2) is 24.1 Å². The van der Waals surface area contributed by atoms with Crippen molar-refractivity contribution in [2.75, 3.05) is 12.0 Å². The van der Waals surface area contributed by atoms with E-state index >= 15 is 0 Å². The highest BCUT2D eigenvalue weighted by atomic mass is 35.5. The van der Waals surface area contributed by atoms with Crippen molar-refractivity contribution in [3.63, 3.8) is 0 Å². The zero-order valence-corrected chi connectivity index (χ0v) is 18.3. The molecule has 0 saturated carbocycles. The number of benzene rings is 2. The molecule has 0 N–H and O–H groups in total. The third-order valence-electron chi connectivity index (χ3n) is 4.62. The van der Waals surface area contributed by atoms with Gasteiger partial charge in [0.2, 0.25) is 5.91 Å². The highest BCUT2D eigenvalue weighted by Gasteiger charge is 2.27. The lowest BCUT2D eigenvalue weighted by atomic mass is 10.1. The smallest absolute Gasteiger partial charge is 0.420 e. The van der Waals surface area contributed by atoms with E-state index in [2.05, 4.69) is 11.1 Å². The number of nitrogens with zero attached hydrogens (tertiary/aromatic N) is 3. The summed E-state index contributed by atoms with van der Waals surface area (Å²) in [7, 11) is 1.20. The molecule has 2 aromatic carbocycles. The predicted molar refractivity (Wildman–Crippen MR) is 120 cm³/mol. The number of halogens is 1. The summed E-state index contributed by atoms with van der Waals surface area (Å²) in [5.74, 6) is 0.664. The maximum Gasteiger partial charge on any atom is 0.420 e. The number of aryl methyl sites for hydroxylation is 1. The summed E-state index contributed by atoms with van der Waals surface area (Å²) in [4.78, 5) is 30.4. The monoisotopic (exact) mass is 449 g/mol. The Morgan fingerprint density at radius 3 is 2.25 bits per heavy atom. The standard InChI is InChI=1S/C24H20ClN3O4/c1-3-20-23(25)21(12-13-27-20)28(24(30)31-2)22(29)14-16-4-8-18(9-5-16)32-19-10-6-17(15-26)7-11-19/h4-13H,3,14H2,1-2H3. The van der Waals surface area contributed by atoms with Gasteiger partial charge in [-0.05, 0) is 54.4 Å². The third-order valence-corrected chi connectivity index (χ3v) is 5.03. The largest absolute Gasteiger partial charge is 0.457 e. The fourth-order valence-electron chi connectivity index (χ4n) is 2.98. The summed E-state index contributed by atoms with van der Waals surface area (Å²) in [6, 6.07) is 17.2. The molecule has 3 aromatic rings. The number of carbonyl (C=O) groups is 2. The average Bonchev–Trinajstić information content (AvgIpc) is 2.82. The molecule has 1 heterocycles. The second-order valence-corrected chi connectivity index (χ2v) is 7.08. The van der Waals surface area contributed by atoms with E-state index in [0.29, 0.717) is 34.7 Å². The Morgan fingerprint density at radius 1 is 1.06 bits per heavy atom. The third kappa shape index (κ3) is 5.23. The molecule has 0 unspecified atom stereocenters. The lowest BCUT2D eigenvalue weighted by Crippen LogP contribution is -2.38. The minimum Gasteiger partial charge on any atom is -0.457 e.